The zero-order chi connectivity index (χ0) is 10.6. The average molecular weight is 211 g/mol. The summed E-state index contributed by atoms with van der Waals surface area (Å²) >= 11 is 5.72. The van der Waals surface area contributed by atoms with Crippen LogP contribution in [0, 0.1) is 11.8 Å². The number of ether oxygens (including phenoxy) is 1. The molecule has 0 amide bonds. The molecule has 1 aromatic rings. The lowest BCUT2D eigenvalue weighted by atomic mass is 10.2. The first-order chi connectivity index (χ1) is 6.65. The number of benzene rings is 1. The van der Waals surface area contributed by atoms with Crippen molar-refractivity contribution >= 4 is 17.6 Å². The predicted octanol–water partition coefficient (Wildman–Crippen LogP) is 1.57. The lowest BCUT2D eigenvalue weighted by Gasteiger charge is -1.97. The van der Waals surface area contributed by atoms with Crippen molar-refractivity contribution in [3.63, 3.8) is 0 Å². The first kappa shape index (κ1) is 10.4. The third-order valence-corrected chi connectivity index (χ3v) is 1.86. The molecule has 0 heterocycles. The molecule has 1 N–H and O–H groups in total. The minimum absolute atomic E-state index is 0.0664. The number of phenols is 1. The molecular weight excluding hydrogens is 204 g/mol. The van der Waals surface area contributed by atoms with E-state index in [4.69, 9.17) is 11.6 Å². The van der Waals surface area contributed by atoms with Gasteiger partial charge >= 0.3 is 5.97 Å². The Morgan fingerprint density at radius 3 is 2.93 bits per heavy atom. The van der Waals surface area contributed by atoms with E-state index in [-0.39, 0.29) is 10.8 Å². The van der Waals surface area contributed by atoms with Crippen LogP contribution in [-0.2, 0) is 9.53 Å². The van der Waals surface area contributed by atoms with Crippen molar-refractivity contribution in [2.45, 2.75) is 0 Å². The maximum absolute atomic E-state index is 10.7. The molecular formula is C10H7ClO3. The standard InChI is InChI=1S/C10H7ClO3/c1-14-9(13)6-5-7-3-2-4-8(12)10(7)11/h2-4,12H,1H3. The van der Waals surface area contributed by atoms with Crippen LogP contribution < -0.4 is 0 Å². The van der Waals surface area contributed by atoms with Gasteiger partial charge in [-0.25, -0.2) is 4.79 Å². The van der Waals surface area contributed by atoms with Crippen molar-refractivity contribution in [1.82, 2.24) is 0 Å². The zero-order valence-corrected chi connectivity index (χ0v) is 8.13. The third-order valence-electron chi connectivity index (χ3n) is 1.46. The summed E-state index contributed by atoms with van der Waals surface area (Å²) in [5.74, 6) is 3.98. The highest BCUT2D eigenvalue weighted by Gasteiger charge is 2.01. The van der Waals surface area contributed by atoms with E-state index in [1.807, 2.05) is 0 Å². The van der Waals surface area contributed by atoms with Crippen LogP contribution in [0.4, 0.5) is 0 Å². The second kappa shape index (κ2) is 4.54. The molecule has 0 aliphatic heterocycles. The van der Waals surface area contributed by atoms with Crippen LogP contribution >= 0.6 is 11.6 Å². The third kappa shape index (κ3) is 2.41. The van der Waals surface area contributed by atoms with Gasteiger partial charge in [0.25, 0.3) is 0 Å². The summed E-state index contributed by atoms with van der Waals surface area (Å²) in [4.78, 5) is 10.7. The predicted molar refractivity (Wildman–Crippen MR) is 52.0 cm³/mol. The molecule has 0 bridgehead atoms. The molecule has 0 saturated heterocycles. The Labute approximate surface area is 86.3 Å². The maximum atomic E-state index is 10.7. The van der Waals surface area contributed by atoms with Gasteiger partial charge in [-0.2, -0.15) is 0 Å². The number of carbonyl (C=O) groups excluding carboxylic acids is 1. The summed E-state index contributed by atoms with van der Waals surface area (Å²) in [5.41, 5.74) is 0.386. The minimum atomic E-state index is -0.649. The average Bonchev–Trinajstić information content (AvgIpc) is 2.20. The van der Waals surface area contributed by atoms with Gasteiger partial charge < -0.3 is 9.84 Å². The molecule has 0 radical (unpaired) electrons. The molecule has 1 rings (SSSR count). The van der Waals surface area contributed by atoms with Crippen molar-refractivity contribution in [2.75, 3.05) is 7.11 Å². The Morgan fingerprint density at radius 2 is 2.29 bits per heavy atom. The van der Waals surface area contributed by atoms with Gasteiger partial charge in [-0.05, 0) is 12.1 Å². The van der Waals surface area contributed by atoms with Crippen LogP contribution in [0.5, 0.6) is 5.75 Å². The molecule has 0 aromatic heterocycles. The van der Waals surface area contributed by atoms with Gasteiger partial charge in [-0.1, -0.05) is 23.6 Å². The van der Waals surface area contributed by atoms with Crippen LogP contribution in [0.25, 0.3) is 0 Å². The van der Waals surface area contributed by atoms with E-state index in [1.54, 1.807) is 12.1 Å². The van der Waals surface area contributed by atoms with Crippen molar-refractivity contribution < 1.29 is 14.6 Å². The number of hydrogen-bond acceptors (Lipinski definition) is 3. The molecule has 4 heteroatoms. The lowest BCUT2D eigenvalue weighted by molar-refractivity contribution is -0.133. The zero-order valence-electron chi connectivity index (χ0n) is 7.37. The highest BCUT2D eigenvalue weighted by Crippen LogP contribution is 2.25. The van der Waals surface area contributed by atoms with Gasteiger partial charge in [-0.3, -0.25) is 0 Å². The summed E-state index contributed by atoms with van der Waals surface area (Å²) in [6.45, 7) is 0. The fourth-order valence-corrected chi connectivity index (χ4v) is 0.959. The SMILES string of the molecule is COC(=O)C#Cc1cccc(O)c1Cl. The Hall–Kier alpha value is -1.66. The molecule has 0 aliphatic carbocycles. The molecule has 72 valence electrons. The second-order valence-electron chi connectivity index (χ2n) is 2.38. The molecule has 0 saturated carbocycles. The molecule has 3 nitrogen and oxygen atoms in total. The molecule has 0 atom stereocenters. The number of methoxy groups -OCH3 is 1. The number of esters is 1. The molecule has 0 aliphatic rings. The fraction of sp³-hybridized carbons (Fsp3) is 0.100. The van der Waals surface area contributed by atoms with Gasteiger partial charge in [-0.15, -0.1) is 0 Å². The van der Waals surface area contributed by atoms with E-state index in [1.165, 1.54) is 13.2 Å². The largest absolute Gasteiger partial charge is 0.506 e. The first-order valence-electron chi connectivity index (χ1n) is 3.72. The Kier molecular flexibility index (Phi) is 3.38. The highest BCUT2D eigenvalue weighted by molar-refractivity contribution is 6.33. The lowest BCUT2D eigenvalue weighted by Crippen LogP contribution is -1.94. The Balaban J connectivity index is 3.01. The number of halogens is 1. The quantitative estimate of drug-likeness (QED) is 0.522. The number of hydrogen-bond donors (Lipinski definition) is 1. The molecule has 14 heavy (non-hydrogen) atoms. The van der Waals surface area contributed by atoms with Crippen molar-refractivity contribution in [2.24, 2.45) is 0 Å². The highest BCUT2D eigenvalue weighted by atomic mass is 35.5. The number of aromatic hydroxyl groups is 1. The summed E-state index contributed by atoms with van der Waals surface area (Å²) in [6, 6.07) is 4.62. The number of carbonyl (C=O) groups is 1. The fourth-order valence-electron chi connectivity index (χ4n) is 0.786. The van der Waals surface area contributed by atoms with Gasteiger partial charge in [0.1, 0.15) is 5.75 Å². The van der Waals surface area contributed by atoms with Crippen molar-refractivity contribution in [1.29, 1.82) is 0 Å². The van der Waals surface area contributed by atoms with E-state index in [2.05, 4.69) is 16.6 Å². The van der Waals surface area contributed by atoms with Crippen molar-refractivity contribution in [3.05, 3.63) is 28.8 Å². The summed E-state index contributed by atoms with van der Waals surface area (Å²) in [7, 11) is 1.24. The van der Waals surface area contributed by atoms with Crippen LogP contribution in [0.3, 0.4) is 0 Å². The second-order valence-corrected chi connectivity index (χ2v) is 2.76. The Bertz CT molecular complexity index is 415. The molecule has 0 unspecified atom stereocenters. The smallest absolute Gasteiger partial charge is 0.384 e. The monoisotopic (exact) mass is 210 g/mol. The topological polar surface area (TPSA) is 46.5 Å². The number of rotatable bonds is 0. The van der Waals surface area contributed by atoms with E-state index < -0.39 is 5.97 Å². The number of phenolic OH excluding ortho intramolecular Hbond substituents is 1. The van der Waals surface area contributed by atoms with Crippen LogP contribution in [-0.4, -0.2) is 18.2 Å². The van der Waals surface area contributed by atoms with Crippen LogP contribution in [0.1, 0.15) is 5.56 Å². The molecule has 1 aromatic carbocycles. The van der Waals surface area contributed by atoms with Gasteiger partial charge in [0.2, 0.25) is 0 Å². The summed E-state index contributed by atoms with van der Waals surface area (Å²) in [6.07, 6.45) is 0. The van der Waals surface area contributed by atoms with E-state index in [0.717, 1.165) is 0 Å². The van der Waals surface area contributed by atoms with Crippen LogP contribution in [0.2, 0.25) is 5.02 Å². The minimum Gasteiger partial charge on any atom is -0.506 e. The van der Waals surface area contributed by atoms with Gasteiger partial charge in [0, 0.05) is 11.5 Å². The Morgan fingerprint density at radius 1 is 1.57 bits per heavy atom. The normalized spacial score (nSPS) is 8.71. The first-order valence-corrected chi connectivity index (χ1v) is 4.10. The summed E-state index contributed by atoms with van der Waals surface area (Å²) < 4.78 is 4.32. The van der Waals surface area contributed by atoms with E-state index in [9.17, 15) is 9.90 Å². The maximum Gasteiger partial charge on any atom is 0.384 e. The van der Waals surface area contributed by atoms with E-state index in [0.29, 0.717) is 5.56 Å². The molecule has 0 fully saturated rings. The van der Waals surface area contributed by atoms with Crippen LogP contribution in [0.15, 0.2) is 18.2 Å². The van der Waals surface area contributed by atoms with E-state index >= 15 is 0 Å². The molecule has 0 spiro atoms. The summed E-state index contributed by atoms with van der Waals surface area (Å²) in [5, 5.41) is 9.34. The van der Waals surface area contributed by atoms with Gasteiger partial charge in [0.05, 0.1) is 12.1 Å². The van der Waals surface area contributed by atoms with Crippen molar-refractivity contribution in [3.8, 4) is 17.6 Å². The van der Waals surface area contributed by atoms with Gasteiger partial charge in [0.15, 0.2) is 0 Å².